The molecule has 0 amide bonds. The van der Waals surface area contributed by atoms with Crippen LogP contribution in [0.3, 0.4) is 0 Å². The number of benzene rings is 1. The van der Waals surface area contributed by atoms with E-state index in [1.165, 1.54) is 64.2 Å². The van der Waals surface area contributed by atoms with Gasteiger partial charge in [0.1, 0.15) is 0 Å². The van der Waals surface area contributed by atoms with Gasteiger partial charge in [0.2, 0.25) is 0 Å². The highest BCUT2D eigenvalue weighted by molar-refractivity contribution is 5.85. The van der Waals surface area contributed by atoms with Crippen LogP contribution >= 0.6 is 0 Å². The summed E-state index contributed by atoms with van der Waals surface area (Å²) in [7, 11) is 0. The number of allylic oxidation sites excluding steroid dienone is 2. The summed E-state index contributed by atoms with van der Waals surface area (Å²) in [6, 6.07) is 4.91. The van der Waals surface area contributed by atoms with Crippen molar-refractivity contribution in [1.29, 1.82) is 0 Å². The molecule has 24 heavy (non-hydrogen) atoms. The lowest BCUT2D eigenvalue weighted by molar-refractivity contribution is 0.798. The standard InChI is InChI=1S/C24H37/c1-6-11-18-16-17-23-21(14-9-4)20(13-8-3)22(15-10-5)24(23)19(18)12-7-2/h16-17H,6-15H2,1-5H3. The molecule has 0 bridgehead atoms. The van der Waals surface area contributed by atoms with Crippen molar-refractivity contribution in [1.82, 2.24) is 0 Å². The lowest BCUT2D eigenvalue weighted by atomic mass is 9.86. The molecule has 0 fully saturated rings. The van der Waals surface area contributed by atoms with Crippen molar-refractivity contribution in [3.8, 4) is 0 Å². The molecule has 2 rings (SSSR count). The second-order valence-electron chi connectivity index (χ2n) is 7.31. The summed E-state index contributed by atoms with van der Waals surface area (Å²) in [5, 5.41) is 0. The molecule has 1 aliphatic rings. The van der Waals surface area contributed by atoms with Crippen LogP contribution in [0.5, 0.6) is 0 Å². The van der Waals surface area contributed by atoms with E-state index < -0.39 is 0 Å². The third-order valence-corrected chi connectivity index (χ3v) is 5.28. The molecule has 1 aliphatic carbocycles. The fourth-order valence-electron chi connectivity index (χ4n) is 4.44. The van der Waals surface area contributed by atoms with Crippen LogP contribution in [0.1, 0.15) is 108 Å². The highest BCUT2D eigenvalue weighted by atomic mass is 14.4. The molecule has 0 heteroatoms. The number of hydrogen-bond acceptors (Lipinski definition) is 0. The first-order chi connectivity index (χ1) is 11.7. The molecular weight excluding hydrogens is 288 g/mol. The van der Waals surface area contributed by atoms with Gasteiger partial charge in [0.05, 0.1) is 0 Å². The Kier molecular flexibility index (Phi) is 7.59. The molecule has 0 heterocycles. The van der Waals surface area contributed by atoms with Crippen LogP contribution in [0.4, 0.5) is 0 Å². The number of rotatable bonds is 10. The minimum atomic E-state index is 1.23. The molecular formula is C24H37. The molecule has 0 unspecified atom stereocenters. The third kappa shape index (κ3) is 3.79. The van der Waals surface area contributed by atoms with Gasteiger partial charge in [-0.15, -0.1) is 0 Å². The van der Waals surface area contributed by atoms with E-state index in [-0.39, 0.29) is 0 Å². The van der Waals surface area contributed by atoms with Gasteiger partial charge < -0.3 is 0 Å². The largest absolute Gasteiger partial charge is 0.0653 e. The van der Waals surface area contributed by atoms with Crippen LogP contribution in [0, 0.1) is 5.92 Å². The average molecular weight is 326 g/mol. The molecule has 0 spiro atoms. The minimum Gasteiger partial charge on any atom is -0.0653 e. The Morgan fingerprint density at radius 2 is 1.17 bits per heavy atom. The Morgan fingerprint density at radius 3 is 1.75 bits per heavy atom. The second-order valence-corrected chi connectivity index (χ2v) is 7.31. The fraction of sp³-hybridized carbons (Fsp3) is 0.625. The van der Waals surface area contributed by atoms with Crippen LogP contribution in [0.2, 0.25) is 0 Å². The van der Waals surface area contributed by atoms with Crippen molar-refractivity contribution in [2.24, 2.45) is 0 Å². The molecule has 0 atom stereocenters. The highest BCUT2D eigenvalue weighted by Gasteiger charge is 2.32. The summed E-state index contributed by atoms with van der Waals surface area (Å²) in [5.74, 6) is 1.68. The van der Waals surface area contributed by atoms with Crippen LogP contribution < -0.4 is 0 Å². The molecule has 0 saturated carbocycles. The van der Waals surface area contributed by atoms with Gasteiger partial charge in [-0.05, 0) is 59.9 Å². The summed E-state index contributed by atoms with van der Waals surface area (Å²) in [6.07, 6.45) is 12.5. The predicted octanol–water partition coefficient (Wildman–Crippen LogP) is 7.68. The maximum atomic E-state index is 2.46. The predicted molar refractivity (Wildman–Crippen MR) is 108 cm³/mol. The molecule has 0 aromatic heterocycles. The first-order valence-electron chi connectivity index (χ1n) is 10.5. The maximum Gasteiger partial charge on any atom is 0.0308 e. The summed E-state index contributed by atoms with van der Waals surface area (Å²) in [6.45, 7) is 11.6. The molecule has 0 nitrogen and oxygen atoms in total. The average Bonchev–Trinajstić information content (AvgIpc) is 2.85. The van der Waals surface area contributed by atoms with Gasteiger partial charge in [-0.1, -0.05) is 84.4 Å². The molecule has 1 aromatic carbocycles. The zero-order valence-electron chi connectivity index (χ0n) is 16.7. The van der Waals surface area contributed by atoms with Gasteiger partial charge >= 0.3 is 0 Å². The van der Waals surface area contributed by atoms with E-state index in [9.17, 15) is 0 Å². The van der Waals surface area contributed by atoms with Crippen LogP contribution in [-0.4, -0.2) is 0 Å². The zero-order valence-corrected chi connectivity index (χ0v) is 16.7. The second kappa shape index (κ2) is 9.44. The minimum absolute atomic E-state index is 1.23. The summed E-state index contributed by atoms with van der Waals surface area (Å²) < 4.78 is 0. The van der Waals surface area contributed by atoms with E-state index in [1.807, 2.05) is 0 Å². The normalized spacial score (nSPS) is 14.5. The Bertz CT molecular complexity index is 562. The molecule has 0 N–H and O–H groups in total. The van der Waals surface area contributed by atoms with Crippen molar-refractivity contribution >= 4 is 5.57 Å². The number of fused-ring (bicyclic) bond motifs is 1. The fourth-order valence-corrected chi connectivity index (χ4v) is 4.44. The SMILES string of the molecule is CCC[C]1C(CCC)=C(CCC)c2c1ccc(CCC)c2CCC. The Labute approximate surface area is 150 Å². The maximum absolute atomic E-state index is 2.46. The van der Waals surface area contributed by atoms with E-state index in [0.717, 1.165) is 0 Å². The van der Waals surface area contributed by atoms with Crippen molar-refractivity contribution < 1.29 is 0 Å². The van der Waals surface area contributed by atoms with Gasteiger partial charge in [0.25, 0.3) is 0 Å². The Hall–Kier alpha value is -1.04. The molecule has 1 aromatic rings. The first-order valence-corrected chi connectivity index (χ1v) is 10.5. The van der Waals surface area contributed by atoms with Gasteiger partial charge in [-0.25, -0.2) is 0 Å². The molecule has 0 aliphatic heterocycles. The first kappa shape index (κ1) is 19.3. The Morgan fingerprint density at radius 1 is 0.583 bits per heavy atom. The van der Waals surface area contributed by atoms with Gasteiger partial charge in [-0.3, -0.25) is 0 Å². The quantitative estimate of drug-likeness (QED) is 0.414. The summed E-state index contributed by atoms with van der Waals surface area (Å²) in [4.78, 5) is 0. The molecule has 1 radical (unpaired) electrons. The molecule has 133 valence electrons. The molecule has 0 saturated heterocycles. The zero-order chi connectivity index (χ0) is 17.5. The van der Waals surface area contributed by atoms with Crippen LogP contribution in [0.15, 0.2) is 17.7 Å². The lowest BCUT2D eigenvalue weighted by Gasteiger charge is -2.18. The van der Waals surface area contributed by atoms with Crippen LogP contribution in [0.25, 0.3) is 5.57 Å². The number of hydrogen-bond donors (Lipinski definition) is 0. The highest BCUT2D eigenvalue weighted by Crippen LogP contribution is 2.49. The monoisotopic (exact) mass is 325 g/mol. The lowest BCUT2D eigenvalue weighted by Crippen LogP contribution is -2.04. The van der Waals surface area contributed by atoms with E-state index in [1.54, 1.807) is 39.3 Å². The van der Waals surface area contributed by atoms with Gasteiger partial charge in [-0.2, -0.15) is 0 Å². The Balaban J connectivity index is 2.64. The van der Waals surface area contributed by atoms with Gasteiger partial charge in [0.15, 0.2) is 0 Å². The van der Waals surface area contributed by atoms with Gasteiger partial charge in [0, 0.05) is 5.92 Å². The van der Waals surface area contributed by atoms with Crippen molar-refractivity contribution in [2.45, 2.75) is 98.8 Å². The van der Waals surface area contributed by atoms with E-state index >= 15 is 0 Å². The van der Waals surface area contributed by atoms with Crippen molar-refractivity contribution in [2.75, 3.05) is 0 Å². The van der Waals surface area contributed by atoms with E-state index in [2.05, 4.69) is 46.8 Å². The number of aryl methyl sites for hydroxylation is 1. The topological polar surface area (TPSA) is 0 Å². The third-order valence-electron chi connectivity index (χ3n) is 5.28. The van der Waals surface area contributed by atoms with Crippen molar-refractivity contribution in [3.05, 3.63) is 45.9 Å². The van der Waals surface area contributed by atoms with Crippen LogP contribution in [-0.2, 0) is 12.8 Å². The van der Waals surface area contributed by atoms with Crippen molar-refractivity contribution in [3.63, 3.8) is 0 Å². The van der Waals surface area contributed by atoms with E-state index in [0.29, 0.717) is 0 Å². The smallest absolute Gasteiger partial charge is 0.0308 e. The summed E-state index contributed by atoms with van der Waals surface area (Å²) in [5.41, 5.74) is 9.96. The summed E-state index contributed by atoms with van der Waals surface area (Å²) >= 11 is 0. The van der Waals surface area contributed by atoms with E-state index in [4.69, 9.17) is 0 Å².